The Kier molecular flexibility index (Phi) is 7.02. The largest absolute Gasteiger partial charge is 0.492 e. The number of ether oxygens (including phenoxy) is 1. The van der Waals surface area contributed by atoms with Crippen molar-refractivity contribution in [3.63, 3.8) is 0 Å². The van der Waals surface area contributed by atoms with Crippen LogP contribution >= 0.6 is 15.9 Å². The van der Waals surface area contributed by atoms with Crippen molar-refractivity contribution in [1.29, 1.82) is 0 Å². The molecule has 1 aromatic carbocycles. The van der Waals surface area contributed by atoms with Crippen molar-refractivity contribution in [2.75, 3.05) is 6.61 Å². The molecule has 2 unspecified atom stereocenters. The fourth-order valence-corrected chi connectivity index (χ4v) is 2.58. The summed E-state index contributed by atoms with van der Waals surface area (Å²) in [6.45, 7) is 4.75. The highest BCUT2D eigenvalue weighted by molar-refractivity contribution is 9.10. The van der Waals surface area contributed by atoms with Crippen molar-refractivity contribution in [1.82, 2.24) is 0 Å². The molecule has 0 aliphatic carbocycles. The lowest BCUT2D eigenvalue weighted by Gasteiger charge is -2.17. The van der Waals surface area contributed by atoms with Crippen LogP contribution in [0.4, 0.5) is 0 Å². The summed E-state index contributed by atoms with van der Waals surface area (Å²) < 4.78 is 6.51. The Balaban J connectivity index is 2.66. The van der Waals surface area contributed by atoms with Gasteiger partial charge in [-0.25, -0.2) is 0 Å². The van der Waals surface area contributed by atoms with Crippen LogP contribution in [0.3, 0.4) is 0 Å². The number of carbonyl (C=O) groups is 1. The van der Waals surface area contributed by atoms with Crippen molar-refractivity contribution >= 4 is 21.8 Å². The van der Waals surface area contributed by atoms with E-state index in [1.54, 1.807) is 0 Å². The molecule has 0 saturated carbocycles. The zero-order valence-corrected chi connectivity index (χ0v) is 13.7. The SMILES string of the molecule is CCCOc1ccc(C(N)CC(C)CC(N)=O)cc1Br. The first-order valence-electron chi connectivity index (χ1n) is 6.90. The molecule has 4 N–H and O–H groups in total. The lowest BCUT2D eigenvalue weighted by atomic mass is 9.94. The van der Waals surface area contributed by atoms with Crippen molar-refractivity contribution in [3.05, 3.63) is 28.2 Å². The van der Waals surface area contributed by atoms with E-state index in [1.807, 2.05) is 25.1 Å². The molecule has 2 atom stereocenters. The van der Waals surface area contributed by atoms with Crippen LogP contribution in [0.1, 0.15) is 44.7 Å². The van der Waals surface area contributed by atoms with E-state index in [-0.39, 0.29) is 17.9 Å². The van der Waals surface area contributed by atoms with Crippen LogP contribution in [0.5, 0.6) is 5.75 Å². The van der Waals surface area contributed by atoms with E-state index in [4.69, 9.17) is 16.2 Å². The highest BCUT2D eigenvalue weighted by atomic mass is 79.9. The van der Waals surface area contributed by atoms with Crippen LogP contribution in [0.25, 0.3) is 0 Å². The Hall–Kier alpha value is -1.07. The molecule has 0 spiro atoms. The molecule has 0 fully saturated rings. The third-order valence-corrected chi connectivity index (χ3v) is 3.67. The number of benzene rings is 1. The molecule has 0 radical (unpaired) electrons. The molecule has 1 rings (SSSR count). The van der Waals surface area contributed by atoms with Gasteiger partial charge in [-0.1, -0.05) is 19.9 Å². The topological polar surface area (TPSA) is 78.3 Å². The summed E-state index contributed by atoms with van der Waals surface area (Å²) >= 11 is 3.50. The van der Waals surface area contributed by atoms with Gasteiger partial charge in [0.25, 0.3) is 0 Å². The summed E-state index contributed by atoms with van der Waals surface area (Å²) in [6.07, 6.45) is 2.06. The standard InChI is InChI=1S/C15H23BrN2O2/c1-3-6-20-14-5-4-11(9-12(14)16)13(17)7-10(2)8-15(18)19/h4-5,9-10,13H,3,6-8,17H2,1-2H3,(H2,18,19). The Morgan fingerprint density at radius 3 is 2.70 bits per heavy atom. The number of rotatable bonds is 8. The molecule has 0 saturated heterocycles. The van der Waals surface area contributed by atoms with Gasteiger partial charge in [-0.3, -0.25) is 4.79 Å². The van der Waals surface area contributed by atoms with Gasteiger partial charge in [0.1, 0.15) is 5.75 Å². The maximum Gasteiger partial charge on any atom is 0.217 e. The molecular formula is C15H23BrN2O2. The Morgan fingerprint density at radius 1 is 1.45 bits per heavy atom. The number of carbonyl (C=O) groups excluding carboxylic acids is 1. The van der Waals surface area contributed by atoms with E-state index in [1.165, 1.54) is 0 Å². The lowest BCUT2D eigenvalue weighted by Crippen LogP contribution is -2.19. The molecule has 4 nitrogen and oxygen atoms in total. The van der Waals surface area contributed by atoms with E-state index < -0.39 is 0 Å². The summed E-state index contributed by atoms with van der Waals surface area (Å²) in [5.74, 6) is 0.722. The highest BCUT2D eigenvalue weighted by Crippen LogP contribution is 2.30. The van der Waals surface area contributed by atoms with Crippen LogP contribution in [-0.4, -0.2) is 12.5 Å². The molecule has 1 aromatic rings. The maximum atomic E-state index is 10.9. The number of halogens is 1. The lowest BCUT2D eigenvalue weighted by molar-refractivity contribution is -0.118. The second-order valence-electron chi connectivity index (χ2n) is 5.16. The first-order valence-corrected chi connectivity index (χ1v) is 7.69. The number of hydrogen-bond donors (Lipinski definition) is 2. The summed E-state index contributed by atoms with van der Waals surface area (Å²) in [7, 11) is 0. The van der Waals surface area contributed by atoms with E-state index in [0.29, 0.717) is 13.0 Å². The molecule has 112 valence electrons. The minimum atomic E-state index is -0.283. The van der Waals surface area contributed by atoms with Gasteiger partial charge in [-0.2, -0.15) is 0 Å². The normalized spacial score (nSPS) is 13.8. The third kappa shape index (κ3) is 5.51. The molecule has 0 bridgehead atoms. The highest BCUT2D eigenvalue weighted by Gasteiger charge is 2.14. The summed E-state index contributed by atoms with van der Waals surface area (Å²) in [5, 5.41) is 0. The van der Waals surface area contributed by atoms with Crippen molar-refractivity contribution in [2.24, 2.45) is 17.4 Å². The number of nitrogens with two attached hydrogens (primary N) is 2. The van der Waals surface area contributed by atoms with Crippen molar-refractivity contribution in [3.8, 4) is 5.75 Å². The van der Waals surface area contributed by atoms with Gasteiger partial charge in [-0.05, 0) is 52.4 Å². The molecule has 20 heavy (non-hydrogen) atoms. The maximum absolute atomic E-state index is 10.9. The number of primary amides is 1. The molecular weight excluding hydrogens is 320 g/mol. The van der Waals surface area contributed by atoms with Crippen LogP contribution < -0.4 is 16.2 Å². The van der Waals surface area contributed by atoms with Gasteiger partial charge in [0.2, 0.25) is 5.91 Å². The minimum absolute atomic E-state index is 0.110. The second-order valence-corrected chi connectivity index (χ2v) is 6.01. The predicted molar refractivity (Wildman–Crippen MR) is 84.4 cm³/mol. The van der Waals surface area contributed by atoms with Crippen LogP contribution in [0, 0.1) is 5.92 Å². The number of amides is 1. The first-order chi connectivity index (χ1) is 9.43. The average molecular weight is 343 g/mol. The monoisotopic (exact) mass is 342 g/mol. The second kappa shape index (κ2) is 8.27. The fourth-order valence-electron chi connectivity index (χ4n) is 2.07. The Morgan fingerprint density at radius 2 is 2.15 bits per heavy atom. The molecule has 0 aromatic heterocycles. The smallest absolute Gasteiger partial charge is 0.217 e. The summed E-state index contributed by atoms with van der Waals surface area (Å²) in [4.78, 5) is 10.9. The summed E-state index contributed by atoms with van der Waals surface area (Å²) in [6, 6.07) is 5.76. The Bertz CT molecular complexity index is 451. The first kappa shape index (κ1) is 17.0. The van der Waals surface area contributed by atoms with Gasteiger partial charge in [0.05, 0.1) is 11.1 Å². The van der Waals surface area contributed by atoms with Crippen LogP contribution in [0.15, 0.2) is 22.7 Å². The van der Waals surface area contributed by atoms with Crippen molar-refractivity contribution in [2.45, 2.75) is 39.2 Å². The zero-order valence-electron chi connectivity index (χ0n) is 12.1. The van der Waals surface area contributed by atoms with Crippen LogP contribution in [0.2, 0.25) is 0 Å². The number of hydrogen-bond acceptors (Lipinski definition) is 3. The van der Waals surface area contributed by atoms with Gasteiger partial charge in [0.15, 0.2) is 0 Å². The fraction of sp³-hybridized carbons (Fsp3) is 0.533. The van der Waals surface area contributed by atoms with Gasteiger partial charge in [-0.15, -0.1) is 0 Å². The molecule has 0 aliphatic rings. The van der Waals surface area contributed by atoms with E-state index >= 15 is 0 Å². The van der Waals surface area contributed by atoms with Gasteiger partial charge < -0.3 is 16.2 Å². The minimum Gasteiger partial charge on any atom is -0.492 e. The van der Waals surface area contributed by atoms with E-state index in [2.05, 4.69) is 22.9 Å². The van der Waals surface area contributed by atoms with Gasteiger partial charge >= 0.3 is 0 Å². The third-order valence-electron chi connectivity index (χ3n) is 3.05. The summed E-state index contributed by atoms with van der Waals surface area (Å²) in [5.41, 5.74) is 12.4. The average Bonchev–Trinajstić information content (AvgIpc) is 2.36. The molecule has 0 aliphatic heterocycles. The van der Waals surface area contributed by atoms with Crippen LogP contribution in [-0.2, 0) is 4.79 Å². The van der Waals surface area contributed by atoms with Crippen molar-refractivity contribution < 1.29 is 9.53 Å². The predicted octanol–water partition coefficient (Wildman–Crippen LogP) is 3.14. The molecule has 0 heterocycles. The molecule has 5 heteroatoms. The molecule has 1 amide bonds. The van der Waals surface area contributed by atoms with E-state index in [9.17, 15) is 4.79 Å². The van der Waals surface area contributed by atoms with E-state index in [0.717, 1.165) is 28.6 Å². The quantitative estimate of drug-likeness (QED) is 0.761. The Labute approximate surface area is 129 Å². The van der Waals surface area contributed by atoms with Gasteiger partial charge in [0, 0.05) is 12.5 Å². The zero-order chi connectivity index (χ0) is 15.1.